The zero-order valence-electron chi connectivity index (χ0n) is 17.2. The Bertz CT molecular complexity index is 831. The number of carbonyl (C=O) groups is 1. The third-order valence-electron chi connectivity index (χ3n) is 5.77. The van der Waals surface area contributed by atoms with E-state index in [0.717, 1.165) is 68.8 Å². The van der Waals surface area contributed by atoms with Crippen LogP contribution in [-0.2, 0) is 11.2 Å². The number of hydrogen-bond acceptors (Lipinski definition) is 4. The van der Waals surface area contributed by atoms with Crippen molar-refractivity contribution in [2.75, 3.05) is 69.2 Å². The molecule has 2 aliphatic rings. The maximum absolute atomic E-state index is 12.6. The summed E-state index contributed by atoms with van der Waals surface area (Å²) >= 11 is 6.10. The smallest absolute Gasteiger partial charge is 0.321 e. The van der Waals surface area contributed by atoms with E-state index in [9.17, 15) is 4.79 Å². The molecule has 7 heteroatoms. The number of halogens is 1. The van der Waals surface area contributed by atoms with Crippen LogP contribution < -0.4 is 10.2 Å². The van der Waals surface area contributed by atoms with Crippen LogP contribution in [0, 0.1) is 0 Å². The van der Waals surface area contributed by atoms with Gasteiger partial charge in [-0.05, 0) is 42.3 Å². The molecule has 6 nitrogen and oxygen atoms in total. The first kappa shape index (κ1) is 21.0. The lowest BCUT2D eigenvalue weighted by Crippen LogP contribution is -2.50. The van der Waals surface area contributed by atoms with E-state index in [1.807, 2.05) is 35.2 Å². The van der Waals surface area contributed by atoms with Crippen molar-refractivity contribution >= 4 is 29.0 Å². The predicted octanol–water partition coefficient (Wildman–Crippen LogP) is 3.57. The Labute approximate surface area is 183 Å². The van der Waals surface area contributed by atoms with Gasteiger partial charge in [-0.2, -0.15) is 0 Å². The van der Waals surface area contributed by atoms with Crippen molar-refractivity contribution in [3.63, 3.8) is 0 Å². The summed E-state index contributed by atoms with van der Waals surface area (Å²) in [6, 6.07) is 16.0. The van der Waals surface area contributed by atoms with Crippen LogP contribution in [0.1, 0.15) is 5.56 Å². The Hall–Kier alpha value is -2.28. The van der Waals surface area contributed by atoms with Crippen molar-refractivity contribution in [2.24, 2.45) is 0 Å². The topological polar surface area (TPSA) is 48.1 Å². The van der Waals surface area contributed by atoms with Crippen LogP contribution in [0.4, 0.5) is 16.2 Å². The van der Waals surface area contributed by atoms with Gasteiger partial charge < -0.3 is 19.9 Å². The number of piperazine rings is 1. The van der Waals surface area contributed by atoms with E-state index >= 15 is 0 Å². The molecule has 2 aliphatic heterocycles. The van der Waals surface area contributed by atoms with E-state index in [0.29, 0.717) is 13.1 Å². The molecule has 0 bridgehead atoms. The zero-order valence-corrected chi connectivity index (χ0v) is 18.0. The summed E-state index contributed by atoms with van der Waals surface area (Å²) in [4.78, 5) is 19.2. The third kappa shape index (κ3) is 5.65. The molecule has 0 radical (unpaired) electrons. The first-order chi connectivity index (χ1) is 14.7. The largest absolute Gasteiger partial charge is 0.379 e. The number of morpholine rings is 1. The van der Waals surface area contributed by atoms with Gasteiger partial charge in [0.15, 0.2) is 0 Å². The Morgan fingerprint density at radius 2 is 1.70 bits per heavy atom. The number of nitrogens with zero attached hydrogens (tertiary/aromatic N) is 3. The van der Waals surface area contributed by atoms with Crippen molar-refractivity contribution in [3.05, 3.63) is 59.1 Å². The molecule has 160 valence electrons. The minimum Gasteiger partial charge on any atom is -0.379 e. The van der Waals surface area contributed by atoms with Crippen LogP contribution in [-0.4, -0.2) is 74.9 Å². The number of ether oxygens (including phenoxy) is 1. The molecular formula is C23H29ClN4O2. The summed E-state index contributed by atoms with van der Waals surface area (Å²) in [7, 11) is 0. The van der Waals surface area contributed by atoms with Gasteiger partial charge in [0, 0.05) is 62.2 Å². The number of anilines is 2. The minimum absolute atomic E-state index is 0.0400. The molecule has 0 saturated carbocycles. The fourth-order valence-electron chi connectivity index (χ4n) is 3.91. The zero-order chi connectivity index (χ0) is 20.8. The van der Waals surface area contributed by atoms with Crippen LogP contribution >= 0.6 is 11.6 Å². The molecule has 0 atom stereocenters. The van der Waals surface area contributed by atoms with Gasteiger partial charge in [0.1, 0.15) is 0 Å². The highest BCUT2D eigenvalue weighted by molar-refractivity contribution is 6.30. The lowest BCUT2D eigenvalue weighted by Gasteiger charge is -2.36. The van der Waals surface area contributed by atoms with E-state index in [1.54, 1.807) is 0 Å². The second-order valence-electron chi connectivity index (χ2n) is 7.79. The van der Waals surface area contributed by atoms with Crippen molar-refractivity contribution < 1.29 is 9.53 Å². The number of nitrogens with one attached hydrogen (secondary N) is 1. The van der Waals surface area contributed by atoms with Crippen molar-refractivity contribution in [3.8, 4) is 0 Å². The standard InChI is InChI=1S/C23H29ClN4O2/c24-20-2-1-3-22(18-20)27-10-12-28(13-11-27)23(29)25-21-6-4-19(5-7-21)8-9-26-14-16-30-17-15-26/h1-7,18H,8-17H2,(H,25,29). The molecule has 0 aromatic heterocycles. The first-order valence-electron chi connectivity index (χ1n) is 10.6. The van der Waals surface area contributed by atoms with Crippen molar-refractivity contribution in [1.29, 1.82) is 0 Å². The molecule has 0 aliphatic carbocycles. The van der Waals surface area contributed by atoms with Gasteiger partial charge in [-0.1, -0.05) is 29.8 Å². The second-order valence-corrected chi connectivity index (χ2v) is 8.22. The van der Waals surface area contributed by atoms with Gasteiger partial charge in [-0.25, -0.2) is 4.79 Å². The average molecular weight is 429 g/mol. The van der Waals surface area contributed by atoms with Gasteiger partial charge in [0.05, 0.1) is 13.2 Å². The van der Waals surface area contributed by atoms with Crippen LogP contribution in [0.5, 0.6) is 0 Å². The van der Waals surface area contributed by atoms with Gasteiger partial charge in [-0.3, -0.25) is 4.90 Å². The molecule has 1 N–H and O–H groups in total. The molecule has 2 aromatic carbocycles. The van der Waals surface area contributed by atoms with Gasteiger partial charge in [0.25, 0.3) is 0 Å². The summed E-state index contributed by atoms with van der Waals surface area (Å²) < 4.78 is 5.39. The third-order valence-corrected chi connectivity index (χ3v) is 6.00. The molecule has 30 heavy (non-hydrogen) atoms. The van der Waals surface area contributed by atoms with E-state index in [-0.39, 0.29) is 6.03 Å². The summed E-state index contributed by atoms with van der Waals surface area (Å²) in [6.45, 7) is 7.72. The number of hydrogen-bond donors (Lipinski definition) is 1. The van der Waals surface area contributed by atoms with Crippen LogP contribution in [0.15, 0.2) is 48.5 Å². The summed E-state index contributed by atoms with van der Waals surface area (Å²) in [5.41, 5.74) is 3.23. The molecule has 4 rings (SSSR count). The average Bonchev–Trinajstić information content (AvgIpc) is 2.79. The van der Waals surface area contributed by atoms with E-state index < -0.39 is 0 Å². The van der Waals surface area contributed by atoms with Gasteiger partial charge in [-0.15, -0.1) is 0 Å². The predicted molar refractivity (Wildman–Crippen MR) is 122 cm³/mol. The van der Waals surface area contributed by atoms with Crippen LogP contribution in [0.2, 0.25) is 5.02 Å². The van der Waals surface area contributed by atoms with Crippen LogP contribution in [0.3, 0.4) is 0 Å². The molecule has 2 aromatic rings. The number of carbonyl (C=O) groups excluding carboxylic acids is 1. The van der Waals surface area contributed by atoms with Crippen molar-refractivity contribution in [1.82, 2.24) is 9.80 Å². The van der Waals surface area contributed by atoms with Crippen LogP contribution in [0.25, 0.3) is 0 Å². The highest BCUT2D eigenvalue weighted by Crippen LogP contribution is 2.21. The minimum atomic E-state index is -0.0400. The van der Waals surface area contributed by atoms with Gasteiger partial charge >= 0.3 is 6.03 Å². The highest BCUT2D eigenvalue weighted by Gasteiger charge is 2.21. The molecule has 0 unspecified atom stereocenters. The summed E-state index contributed by atoms with van der Waals surface area (Å²) in [6.07, 6.45) is 1.01. The quantitative estimate of drug-likeness (QED) is 0.790. The molecular weight excluding hydrogens is 400 g/mol. The maximum Gasteiger partial charge on any atom is 0.321 e. The normalized spacial score (nSPS) is 17.8. The number of urea groups is 1. The number of benzene rings is 2. The second kappa shape index (κ2) is 10.2. The molecule has 2 saturated heterocycles. The van der Waals surface area contributed by atoms with E-state index in [1.165, 1.54) is 5.56 Å². The SMILES string of the molecule is O=C(Nc1ccc(CCN2CCOCC2)cc1)N1CCN(c2cccc(Cl)c2)CC1. The Morgan fingerprint density at radius 3 is 2.40 bits per heavy atom. The van der Waals surface area contributed by atoms with E-state index in [4.69, 9.17) is 16.3 Å². The number of rotatable bonds is 5. The summed E-state index contributed by atoms with van der Waals surface area (Å²) in [5.74, 6) is 0. The Morgan fingerprint density at radius 1 is 0.967 bits per heavy atom. The maximum atomic E-state index is 12.6. The fourth-order valence-corrected chi connectivity index (χ4v) is 4.09. The molecule has 2 heterocycles. The Kier molecular flexibility index (Phi) is 7.10. The molecule has 2 fully saturated rings. The lowest BCUT2D eigenvalue weighted by molar-refractivity contribution is 0.0384. The van der Waals surface area contributed by atoms with Crippen molar-refractivity contribution in [2.45, 2.75) is 6.42 Å². The molecule has 2 amide bonds. The highest BCUT2D eigenvalue weighted by atomic mass is 35.5. The lowest BCUT2D eigenvalue weighted by atomic mass is 10.1. The molecule has 0 spiro atoms. The fraction of sp³-hybridized carbons (Fsp3) is 0.435. The van der Waals surface area contributed by atoms with Gasteiger partial charge in [0.2, 0.25) is 0 Å². The Balaban J connectivity index is 1.23. The number of amides is 2. The monoisotopic (exact) mass is 428 g/mol. The summed E-state index contributed by atoms with van der Waals surface area (Å²) in [5, 5.41) is 3.77. The van der Waals surface area contributed by atoms with E-state index in [2.05, 4.69) is 33.3 Å². The first-order valence-corrected chi connectivity index (χ1v) is 11.0.